The zero-order chi connectivity index (χ0) is 32.2. The minimum absolute atomic E-state index is 0.593. The molecule has 2 unspecified atom stereocenters. The third-order valence-corrected chi connectivity index (χ3v) is 9.09. The molecule has 0 heterocycles. The van der Waals surface area contributed by atoms with Crippen molar-refractivity contribution in [2.45, 2.75) is 107 Å². The Morgan fingerprint density at radius 1 is 0.364 bits per heavy atom. The first-order chi connectivity index (χ1) is 21.5. The number of rotatable bonds is 6. The fraction of sp³-hybridized carbons (Fsp3) is 0.364. The molecule has 0 saturated carbocycles. The second kappa shape index (κ2) is 17.0. The fourth-order valence-electron chi connectivity index (χ4n) is 6.74. The lowest BCUT2D eigenvalue weighted by Crippen LogP contribution is -1.98. The van der Waals surface area contributed by atoms with Gasteiger partial charge in [0.25, 0.3) is 0 Å². The van der Waals surface area contributed by atoms with Gasteiger partial charge < -0.3 is 0 Å². The van der Waals surface area contributed by atoms with E-state index < -0.39 is 0 Å². The van der Waals surface area contributed by atoms with E-state index in [9.17, 15) is 0 Å². The van der Waals surface area contributed by atoms with Crippen molar-refractivity contribution < 1.29 is 0 Å². The summed E-state index contributed by atoms with van der Waals surface area (Å²) in [6, 6.07) is 35.6. The monoisotopic (exact) mass is 584 g/mol. The van der Waals surface area contributed by atoms with Gasteiger partial charge in [0.1, 0.15) is 0 Å². The van der Waals surface area contributed by atoms with E-state index in [-0.39, 0.29) is 0 Å². The van der Waals surface area contributed by atoms with Crippen molar-refractivity contribution in [3.8, 4) is 0 Å². The summed E-state index contributed by atoms with van der Waals surface area (Å²) >= 11 is 0. The Morgan fingerprint density at radius 2 is 0.568 bits per heavy atom. The van der Waals surface area contributed by atoms with Crippen LogP contribution < -0.4 is 0 Å². The van der Waals surface area contributed by atoms with E-state index in [4.69, 9.17) is 0 Å². The van der Waals surface area contributed by atoms with E-state index in [1.165, 1.54) is 78.2 Å². The highest BCUT2D eigenvalue weighted by Crippen LogP contribution is 2.39. The lowest BCUT2D eigenvalue weighted by molar-refractivity contribution is 0.745. The molecule has 0 radical (unpaired) electrons. The van der Waals surface area contributed by atoms with E-state index in [0.717, 1.165) is 12.8 Å². The van der Waals surface area contributed by atoms with Crippen LogP contribution in [0.15, 0.2) is 97.1 Å². The maximum Gasteiger partial charge on any atom is -0.0140 e. The Kier molecular flexibility index (Phi) is 13.5. The van der Waals surface area contributed by atoms with Crippen LogP contribution in [0.5, 0.6) is 0 Å². The number of benzene rings is 6. The van der Waals surface area contributed by atoms with Gasteiger partial charge in [-0.25, -0.2) is 0 Å². The SMILES string of the molecule is CC.CC.CCc1c2ccccc2c(C(C)CC)c2ccccc12.CCc1c2ccccc2c(C(C)CC)c2ccccc12. The first-order valence-corrected chi connectivity index (χ1v) is 17.4. The van der Waals surface area contributed by atoms with Gasteiger partial charge in [0.05, 0.1) is 0 Å². The highest BCUT2D eigenvalue weighted by molar-refractivity contribution is 6.07. The van der Waals surface area contributed by atoms with E-state index in [1.807, 2.05) is 27.7 Å². The molecule has 6 rings (SSSR count). The molecule has 0 saturated heterocycles. The highest BCUT2D eigenvalue weighted by Gasteiger charge is 2.17. The number of aryl methyl sites for hydroxylation is 2. The molecule has 0 amide bonds. The van der Waals surface area contributed by atoms with Crippen LogP contribution >= 0.6 is 0 Å². The van der Waals surface area contributed by atoms with Crippen molar-refractivity contribution in [1.82, 2.24) is 0 Å². The van der Waals surface area contributed by atoms with Crippen molar-refractivity contribution in [3.63, 3.8) is 0 Å². The van der Waals surface area contributed by atoms with Gasteiger partial charge in [-0.1, -0.05) is 166 Å². The van der Waals surface area contributed by atoms with Crippen LogP contribution in [0.3, 0.4) is 0 Å². The predicted octanol–water partition coefficient (Wildman–Crippen LogP) is 14.2. The molecule has 232 valence electrons. The molecule has 2 atom stereocenters. The molecular formula is C44H56. The molecule has 0 heteroatoms. The van der Waals surface area contributed by atoms with Crippen molar-refractivity contribution >= 4 is 43.1 Å². The van der Waals surface area contributed by atoms with Crippen LogP contribution in [0.25, 0.3) is 43.1 Å². The van der Waals surface area contributed by atoms with Gasteiger partial charge >= 0.3 is 0 Å². The first-order valence-electron chi connectivity index (χ1n) is 17.4. The highest BCUT2D eigenvalue weighted by atomic mass is 14.2. The number of fused-ring (bicyclic) bond motifs is 4. The molecule has 0 aliphatic heterocycles. The Bertz CT molecular complexity index is 1520. The molecule has 0 fully saturated rings. The summed E-state index contributed by atoms with van der Waals surface area (Å²) in [6.07, 6.45) is 4.53. The minimum Gasteiger partial charge on any atom is -0.0683 e. The summed E-state index contributed by atoms with van der Waals surface area (Å²) in [5.41, 5.74) is 6.03. The zero-order valence-corrected chi connectivity index (χ0v) is 29.2. The minimum atomic E-state index is 0.593. The van der Waals surface area contributed by atoms with Crippen molar-refractivity contribution in [3.05, 3.63) is 119 Å². The zero-order valence-electron chi connectivity index (χ0n) is 29.2. The Hall–Kier alpha value is -3.64. The van der Waals surface area contributed by atoms with E-state index in [0.29, 0.717) is 11.8 Å². The average molecular weight is 585 g/mol. The Morgan fingerprint density at radius 3 is 0.750 bits per heavy atom. The number of hydrogen-bond acceptors (Lipinski definition) is 0. The summed E-state index contributed by atoms with van der Waals surface area (Å²) in [5.74, 6) is 1.19. The van der Waals surface area contributed by atoms with Crippen LogP contribution in [-0.4, -0.2) is 0 Å². The van der Waals surface area contributed by atoms with E-state index in [1.54, 1.807) is 0 Å². The second-order valence-electron chi connectivity index (χ2n) is 11.3. The van der Waals surface area contributed by atoms with Crippen LogP contribution in [0.4, 0.5) is 0 Å². The molecule has 0 nitrogen and oxygen atoms in total. The molecule has 0 bridgehead atoms. The van der Waals surface area contributed by atoms with Gasteiger partial charge in [-0.2, -0.15) is 0 Å². The third kappa shape index (κ3) is 6.86. The molecular weight excluding hydrogens is 528 g/mol. The normalized spacial score (nSPS) is 12.0. The second-order valence-corrected chi connectivity index (χ2v) is 11.3. The van der Waals surface area contributed by atoms with Gasteiger partial charge in [-0.3, -0.25) is 0 Å². The fourth-order valence-corrected chi connectivity index (χ4v) is 6.74. The summed E-state index contributed by atoms with van der Waals surface area (Å²) in [7, 11) is 0. The van der Waals surface area contributed by atoms with Crippen LogP contribution in [0.1, 0.15) is 116 Å². The summed E-state index contributed by atoms with van der Waals surface area (Å²) in [5, 5.41) is 11.5. The van der Waals surface area contributed by atoms with Gasteiger partial charge in [-0.05, 0) is 103 Å². The van der Waals surface area contributed by atoms with Crippen molar-refractivity contribution in [2.24, 2.45) is 0 Å². The van der Waals surface area contributed by atoms with E-state index in [2.05, 4.69) is 139 Å². The molecule has 6 aromatic carbocycles. The third-order valence-electron chi connectivity index (χ3n) is 9.09. The van der Waals surface area contributed by atoms with Gasteiger partial charge in [0.2, 0.25) is 0 Å². The molecule has 0 aliphatic rings. The molecule has 0 aromatic heterocycles. The van der Waals surface area contributed by atoms with Crippen LogP contribution in [0.2, 0.25) is 0 Å². The molecule has 6 aromatic rings. The van der Waals surface area contributed by atoms with Crippen molar-refractivity contribution in [1.29, 1.82) is 0 Å². The largest absolute Gasteiger partial charge is 0.0683 e. The predicted molar refractivity (Wildman–Crippen MR) is 202 cm³/mol. The average Bonchev–Trinajstić information content (AvgIpc) is 3.10. The quantitative estimate of drug-likeness (QED) is 0.171. The Balaban J connectivity index is 0.000000216. The van der Waals surface area contributed by atoms with Gasteiger partial charge in [-0.15, -0.1) is 0 Å². The van der Waals surface area contributed by atoms with Crippen molar-refractivity contribution in [2.75, 3.05) is 0 Å². The summed E-state index contributed by atoms with van der Waals surface area (Å²) in [6.45, 7) is 21.8. The molecule has 44 heavy (non-hydrogen) atoms. The molecule has 0 N–H and O–H groups in total. The standard InChI is InChI=1S/2C20H22.2C2H6/c2*1-4-14(3)20-18-12-8-6-10-16(18)15(5-2)17-11-7-9-13-19(17)20;2*1-2/h2*6-14H,4-5H2,1-3H3;2*1-2H3. The smallest absolute Gasteiger partial charge is 0.0140 e. The maximum atomic E-state index is 2.35. The lowest BCUT2D eigenvalue weighted by atomic mass is 9.85. The topological polar surface area (TPSA) is 0 Å². The van der Waals surface area contributed by atoms with E-state index >= 15 is 0 Å². The number of hydrogen-bond donors (Lipinski definition) is 0. The lowest BCUT2D eigenvalue weighted by Gasteiger charge is -2.19. The van der Waals surface area contributed by atoms with Gasteiger partial charge in [0, 0.05) is 0 Å². The van der Waals surface area contributed by atoms with Gasteiger partial charge in [0.15, 0.2) is 0 Å². The molecule has 0 aliphatic carbocycles. The van der Waals surface area contributed by atoms with Crippen LogP contribution in [-0.2, 0) is 12.8 Å². The summed E-state index contributed by atoms with van der Waals surface area (Å²) in [4.78, 5) is 0. The summed E-state index contributed by atoms with van der Waals surface area (Å²) < 4.78 is 0. The Labute approximate surface area is 268 Å². The molecule has 0 spiro atoms. The first kappa shape index (κ1) is 34.8. The van der Waals surface area contributed by atoms with Crippen LogP contribution in [0, 0.1) is 0 Å². The maximum absolute atomic E-state index is 2.35.